The highest BCUT2D eigenvalue weighted by molar-refractivity contribution is 7.45. The molecule has 0 amide bonds. The number of nitrogens with zero attached hydrogens (tertiary/aromatic N) is 1. The van der Waals surface area contributed by atoms with Crippen molar-refractivity contribution in [3.63, 3.8) is 0 Å². The van der Waals surface area contributed by atoms with Crippen LogP contribution in [-0.2, 0) is 27.9 Å². The van der Waals surface area contributed by atoms with Crippen LogP contribution >= 0.6 is 7.82 Å². The summed E-state index contributed by atoms with van der Waals surface area (Å²) in [4.78, 5) is 25.2. The van der Waals surface area contributed by atoms with Gasteiger partial charge in [-0.25, -0.2) is 0 Å². The number of likely N-dealkylation sites (N-methyl/N-ethyl adjacent to an activating group) is 1. The number of allylic oxidation sites excluding steroid dienone is 6. The molecule has 0 aliphatic rings. The van der Waals surface area contributed by atoms with Gasteiger partial charge in [0.15, 0.2) is 0 Å². The van der Waals surface area contributed by atoms with E-state index in [9.17, 15) is 14.3 Å². The summed E-state index contributed by atoms with van der Waals surface area (Å²) in [6, 6.07) is 0. The average Bonchev–Trinajstić information content (AvgIpc) is 3.20. The molecule has 0 aliphatic carbocycles. The maximum Gasteiger partial charge on any atom is 0.306 e. The van der Waals surface area contributed by atoms with E-state index < -0.39 is 13.9 Å². The molecule has 354 valence electrons. The van der Waals surface area contributed by atoms with E-state index in [4.69, 9.17) is 18.5 Å². The second kappa shape index (κ2) is 44.3. The van der Waals surface area contributed by atoms with E-state index in [1.807, 2.05) is 21.1 Å². The predicted molar refractivity (Wildman–Crippen MR) is 254 cm³/mol. The Morgan fingerprint density at radius 3 is 1.38 bits per heavy atom. The topological polar surface area (TPSA) is 94.1 Å². The Hall–Kier alpha value is -1.28. The Balaban J connectivity index is 4.16. The molecule has 0 spiro atoms. The van der Waals surface area contributed by atoms with Crippen molar-refractivity contribution >= 4 is 13.8 Å². The van der Waals surface area contributed by atoms with Crippen molar-refractivity contribution in [2.45, 2.75) is 232 Å². The maximum atomic E-state index is 12.7. The number of esters is 1. The van der Waals surface area contributed by atoms with E-state index in [-0.39, 0.29) is 25.8 Å². The lowest BCUT2D eigenvalue weighted by Gasteiger charge is -2.28. The standard InChI is InChI=1S/C51H98NO7P/c1-6-8-10-12-14-16-18-20-22-24-25-26-27-28-30-32-34-36-38-40-42-44-51(53)59-50(49-58-60(54,55)57-47-45-52(3,4)5)48-56-46-43-41-39-37-35-33-31-29-23-21-19-17-15-13-11-9-7-2/h17,19,23-25,29,50H,6-16,18,20-22,26-28,30-49H2,1-5H3/b19-17-,25-24-,29-23-. The van der Waals surface area contributed by atoms with Crippen molar-refractivity contribution in [3.05, 3.63) is 36.5 Å². The highest BCUT2D eigenvalue weighted by Crippen LogP contribution is 2.38. The third-order valence-corrected chi connectivity index (χ3v) is 11.9. The van der Waals surface area contributed by atoms with Crippen LogP contribution in [0.3, 0.4) is 0 Å². The largest absolute Gasteiger partial charge is 0.756 e. The Kier molecular flexibility index (Phi) is 43.4. The fourth-order valence-corrected chi connectivity index (χ4v) is 7.71. The van der Waals surface area contributed by atoms with Crippen LogP contribution in [0, 0.1) is 0 Å². The Morgan fingerprint density at radius 2 is 0.917 bits per heavy atom. The van der Waals surface area contributed by atoms with Crippen LogP contribution in [0.1, 0.15) is 226 Å². The monoisotopic (exact) mass is 868 g/mol. The molecular formula is C51H98NO7P. The molecular weight excluding hydrogens is 770 g/mol. The number of rotatable bonds is 47. The molecule has 9 heteroatoms. The lowest BCUT2D eigenvalue weighted by molar-refractivity contribution is -0.870. The number of quaternary nitrogens is 1. The van der Waals surface area contributed by atoms with Crippen molar-refractivity contribution in [2.75, 3.05) is 54.1 Å². The zero-order valence-electron chi connectivity index (χ0n) is 40.2. The smallest absolute Gasteiger partial charge is 0.306 e. The number of phosphoric acid groups is 1. The molecule has 0 bridgehead atoms. The number of ether oxygens (including phenoxy) is 2. The molecule has 0 saturated heterocycles. The van der Waals surface area contributed by atoms with E-state index in [2.05, 4.69) is 50.3 Å². The van der Waals surface area contributed by atoms with E-state index in [1.54, 1.807) is 0 Å². The van der Waals surface area contributed by atoms with Crippen molar-refractivity contribution in [1.82, 2.24) is 0 Å². The van der Waals surface area contributed by atoms with Crippen LogP contribution in [0.15, 0.2) is 36.5 Å². The number of carbonyl (C=O) groups is 1. The normalized spacial score (nSPS) is 13.9. The molecule has 0 aromatic rings. The molecule has 0 radical (unpaired) electrons. The van der Waals surface area contributed by atoms with Crippen molar-refractivity contribution in [2.24, 2.45) is 0 Å². The van der Waals surface area contributed by atoms with Gasteiger partial charge in [0, 0.05) is 13.0 Å². The predicted octanol–water partition coefficient (Wildman–Crippen LogP) is 14.7. The number of hydrogen-bond donors (Lipinski definition) is 0. The third kappa shape index (κ3) is 47.8. The summed E-state index contributed by atoms with van der Waals surface area (Å²) in [5.41, 5.74) is 0. The first-order chi connectivity index (χ1) is 29.1. The summed E-state index contributed by atoms with van der Waals surface area (Å²) in [7, 11) is 1.35. The first-order valence-corrected chi connectivity index (χ1v) is 26.7. The highest BCUT2D eigenvalue weighted by Gasteiger charge is 2.20. The summed E-state index contributed by atoms with van der Waals surface area (Å²) >= 11 is 0. The van der Waals surface area contributed by atoms with Gasteiger partial charge in [0.1, 0.15) is 19.3 Å². The zero-order chi connectivity index (χ0) is 44.1. The molecule has 0 rings (SSSR count). The van der Waals surface area contributed by atoms with Gasteiger partial charge in [0.05, 0.1) is 34.4 Å². The molecule has 8 nitrogen and oxygen atoms in total. The minimum atomic E-state index is -4.53. The van der Waals surface area contributed by atoms with Crippen LogP contribution in [0.5, 0.6) is 0 Å². The zero-order valence-corrected chi connectivity index (χ0v) is 41.1. The second-order valence-electron chi connectivity index (χ2n) is 18.2. The quantitative estimate of drug-likeness (QED) is 0.0198. The number of phosphoric ester groups is 1. The summed E-state index contributed by atoms with van der Waals surface area (Å²) in [6.45, 7) is 5.40. The molecule has 2 unspecified atom stereocenters. The van der Waals surface area contributed by atoms with Gasteiger partial charge >= 0.3 is 5.97 Å². The molecule has 0 heterocycles. The van der Waals surface area contributed by atoms with Gasteiger partial charge in [-0.3, -0.25) is 9.36 Å². The van der Waals surface area contributed by atoms with Crippen LogP contribution in [0.4, 0.5) is 0 Å². The Bertz CT molecular complexity index is 1060. The molecule has 60 heavy (non-hydrogen) atoms. The van der Waals surface area contributed by atoms with Crippen LogP contribution in [-0.4, -0.2) is 70.7 Å². The molecule has 0 saturated carbocycles. The molecule has 0 N–H and O–H groups in total. The van der Waals surface area contributed by atoms with Gasteiger partial charge in [0.2, 0.25) is 0 Å². The molecule has 0 fully saturated rings. The fourth-order valence-electron chi connectivity index (χ4n) is 6.98. The lowest BCUT2D eigenvalue weighted by Crippen LogP contribution is -2.37. The lowest BCUT2D eigenvalue weighted by atomic mass is 10.1. The summed E-state index contributed by atoms with van der Waals surface area (Å²) in [6.07, 6.45) is 53.0. The van der Waals surface area contributed by atoms with Gasteiger partial charge in [-0.05, 0) is 70.6 Å². The maximum absolute atomic E-state index is 12.7. The van der Waals surface area contributed by atoms with E-state index in [0.717, 1.165) is 51.4 Å². The van der Waals surface area contributed by atoms with E-state index >= 15 is 0 Å². The molecule has 0 aliphatic heterocycles. The van der Waals surface area contributed by atoms with Gasteiger partial charge in [-0.1, -0.05) is 185 Å². The van der Waals surface area contributed by atoms with Gasteiger partial charge in [0.25, 0.3) is 7.82 Å². The number of carbonyl (C=O) groups excluding carboxylic acids is 1. The number of unbranched alkanes of at least 4 members (excludes halogenated alkanes) is 27. The van der Waals surface area contributed by atoms with E-state index in [0.29, 0.717) is 24.1 Å². The molecule has 0 aromatic heterocycles. The minimum Gasteiger partial charge on any atom is -0.756 e. The molecule has 0 aromatic carbocycles. The first-order valence-electron chi connectivity index (χ1n) is 25.2. The Morgan fingerprint density at radius 1 is 0.517 bits per heavy atom. The van der Waals surface area contributed by atoms with Crippen LogP contribution < -0.4 is 4.89 Å². The first kappa shape index (κ1) is 58.7. The van der Waals surface area contributed by atoms with Gasteiger partial charge in [-0.2, -0.15) is 0 Å². The fraction of sp³-hybridized carbons (Fsp3) is 0.863. The average molecular weight is 868 g/mol. The van der Waals surface area contributed by atoms with Gasteiger partial charge in [-0.15, -0.1) is 0 Å². The summed E-state index contributed by atoms with van der Waals surface area (Å²) in [5, 5.41) is 0. The van der Waals surface area contributed by atoms with E-state index in [1.165, 1.54) is 154 Å². The highest BCUT2D eigenvalue weighted by atomic mass is 31.2. The molecule has 2 atom stereocenters. The minimum absolute atomic E-state index is 0.0237. The van der Waals surface area contributed by atoms with Crippen LogP contribution in [0.25, 0.3) is 0 Å². The second-order valence-corrected chi connectivity index (χ2v) is 19.6. The van der Waals surface area contributed by atoms with Crippen LogP contribution in [0.2, 0.25) is 0 Å². The summed E-state index contributed by atoms with van der Waals surface area (Å²) < 4.78 is 34.7. The summed E-state index contributed by atoms with van der Waals surface area (Å²) in [5.74, 6) is -0.338. The number of hydrogen-bond acceptors (Lipinski definition) is 7. The third-order valence-electron chi connectivity index (χ3n) is 10.9. The SMILES string of the molecule is CCCCCC/C=C\C/C=C\CCCCCCCCOCC(COP(=O)([O-])OCC[N+](C)(C)C)OC(=O)CCCCCCCCCCC/C=C\CCCCCCCCCC. The van der Waals surface area contributed by atoms with Crippen molar-refractivity contribution < 1.29 is 37.3 Å². The van der Waals surface area contributed by atoms with Crippen molar-refractivity contribution in [1.29, 1.82) is 0 Å². The van der Waals surface area contributed by atoms with Crippen molar-refractivity contribution in [3.8, 4) is 0 Å². The van der Waals surface area contributed by atoms with Gasteiger partial charge < -0.3 is 27.9 Å². The Labute approximate surface area is 372 Å².